The summed E-state index contributed by atoms with van der Waals surface area (Å²) in [6, 6.07) is -0.367. The Balaban J connectivity index is 2.68. The third-order valence-corrected chi connectivity index (χ3v) is 1.69. The van der Waals surface area contributed by atoms with Gasteiger partial charge in [-0.15, -0.1) is 0 Å². The van der Waals surface area contributed by atoms with Gasteiger partial charge in [-0.2, -0.15) is 0 Å². The molecule has 1 heterocycles. The topological polar surface area (TPSA) is 58.6 Å². The minimum absolute atomic E-state index is 0.367. The summed E-state index contributed by atoms with van der Waals surface area (Å²) in [5.41, 5.74) is 0. The van der Waals surface area contributed by atoms with Gasteiger partial charge in [-0.1, -0.05) is 6.92 Å². The first-order valence-electron chi connectivity index (χ1n) is 3.85. The molecule has 1 aliphatic rings. The predicted octanol–water partition coefficient (Wildman–Crippen LogP) is -0.0793. The van der Waals surface area contributed by atoms with Crippen LogP contribution < -0.4 is 5.32 Å². The minimum atomic E-state index is -0.738. The van der Waals surface area contributed by atoms with Crippen LogP contribution in [-0.2, 0) is 9.53 Å². The van der Waals surface area contributed by atoms with Crippen molar-refractivity contribution in [3.63, 3.8) is 0 Å². The van der Waals surface area contributed by atoms with Crippen LogP contribution in [0, 0.1) is 0 Å². The van der Waals surface area contributed by atoms with Crippen molar-refractivity contribution in [3.8, 4) is 0 Å². The second-order valence-electron chi connectivity index (χ2n) is 2.58. The van der Waals surface area contributed by atoms with Crippen LogP contribution in [0.4, 0.5) is 4.79 Å². The van der Waals surface area contributed by atoms with Crippen molar-refractivity contribution in [1.29, 1.82) is 0 Å². The fourth-order valence-electron chi connectivity index (χ4n) is 1.18. The first-order valence-corrected chi connectivity index (χ1v) is 3.85. The Morgan fingerprint density at radius 2 is 2.25 bits per heavy atom. The normalized spacial score (nSPS) is 23.2. The molecular formula is C7H12N2O3. The number of rotatable bonds is 3. The highest BCUT2D eigenvalue weighted by atomic mass is 16.5. The number of hydrogen-bond acceptors (Lipinski definition) is 3. The molecule has 5 heteroatoms. The summed E-state index contributed by atoms with van der Waals surface area (Å²) < 4.78 is 4.85. The van der Waals surface area contributed by atoms with E-state index in [9.17, 15) is 9.59 Å². The van der Waals surface area contributed by atoms with E-state index in [4.69, 9.17) is 4.74 Å². The van der Waals surface area contributed by atoms with Crippen LogP contribution in [0.25, 0.3) is 0 Å². The molecule has 0 spiro atoms. The Morgan fingerprint density at radius 3 is 2.75 bits per heavy atom. The van der Waals surface area contributed by atoms with Crippen molar-refractivity contribution in [2.75, 3.05) is 13.7 Å². The summed E-state index contributed by atoms with van der Waals surface area (Å²) in [6.45, 7) is 2.47. The highest BCUT2D eigenvalue weighted by Crippen LogP contribution is 2.08. The Kier molecular flexibility index (Phi) is 2.65. The molecule has 1 rings (SSSR count). The van der Waals surface area contributed by atoms with E-state index in [1.54, 1.807) is 0 Å². The van der Waals surface area contributed by atoms with E-state index in [2.05, 4.69) is 5.32 Å². The summed E-state index contributed by atoms with van der Waals surface area (Å²) in [7, 11) is 1.41. The van der Waals surface area contributed by atoms with E-state index in [0.717, 1.165) is 6.42 Å². The number of hydrogen-bond donors (Lipinski definition) is 1. The fraction of sp³-hybridized carbons (Fsp3) is 0.714. The molecule has 1 fully saturated rings. The van der Waals surface area contributed by atoms with Gasteiger partial charge in [-0.25, -0.2) is 4.79 Å². The van der Waals surface area contributed by atoms with Crippen molar-refractivity contribution in [3.05, 3.63) is 0 Å². The van der Waals surface area contributed by atoms with E-state index in [1.165, 1.54) is 12.0 Å². The predicted molar refractivity (Wildman–Crippen MR) is 41.3 cm³/mol. The number of imide groups is 1. The molecule has 1 N–H and O–H groups in total. The molecule has 0 aliphatic carbocycles. The van der Waals surface area contributed by atoms with Gasteiger partial charge in [0.05, 0.1) is 0 Å². The van der Waals surface area contributed by atoms with Crippen molar-refractivity contribution < 1.29 is 14.3 Å². The Morgan fingerprint density at radius 1 is 1.58 bits per heavy atom. The monoisotopic (exact) mass is 172 g/mol. The summed E-state index contributed by atoms with van der Waals surface area (Å²) >= 11 is 0. The second-order valence-corrected chi connectivity index (χ2v) is 2.58. The smallest absolute Gasteiger partial charge is 0.326 e. The van der Waals surface area contributed by atoms with Gasteiger partial charge in [0.2, 0.25) is 6.23 Å². The zero-order valence-electron chi connectivity index (χ0n) is 7.16. The van der Waals surface area contributed by atoms with Crippen molar-refractivity contribution in [1.82, 2.24) is 10.2 Å². The molecule has 3 amide bonds. The summed E-state index contributed by atoms with van der Waals surface area (Å²) in [6.07, 6.45) is 0.0676. The van der Waals surface area contributed by atoms with Crippen molar-refractivity contribution >= 4 is 11.9 Å². The number of nitrogens with zero attached hydrogens (tertiary/aromatic N) is 1. The zero-order valence-corrected chi connectivity index (χ0v) is 7.16. The van der Waals surface area contributed by atoms with E-state index in [1.807, 2.05) is 6.92 Å². The molecule has 0 aromatic rings. The molecule has 0 saturated carbocycles. The molecule has 1 unspecified atom stereocenters. The van der Waals surface area contributed by atoms with Crippen LogP contribution in [0.5, 0.6) is 0 Å². The summed E-state index contributed by atoms with van der Waals surface area (Å²) in [4.78, 5) is 23.4. The molecule has 0 radical (unpaired) electrons. The lowest BCUT2D eigenvalue weighted by atomic mass is 10.4. The summed E-state index contributed by atoms with van der Waals surface area (Å²) in [5, 5.41) is 2.18. The highest BCUT2D eigenvalue weighted by Gasteiger charge is 2.37. The summed E-state index contributed by atoms with van der Waals surface area (Å²) in [5.74, 6) is -0.379. The average Bonchev–Trinajstić information content (AvgIpc) is 2.28. The lowest BCUT2D eigenvalue weighted by Gasteiger charge is -2.18. The number of nitrogens with one attached hydrogen (secondary N) is 1. The van der Waals surface area contributed by atoms with Gasteiger partial charge in [0.1, 0.15) is 0 Å². The van der Waals surface area contributed by atoms with Gasteiger partial charge >= 0.3 is 6.03 Å². The van der Waals surface area contributed by atoms with Crippen LogP contribution in [0.2, 0.25) is 0 Å². The van der Waals surface area contributed by atoms with Crippen LogP contribution in [0.1, 0.15) is 13.3 Å². The van der Waals surface area contributed by atoms with Crippen LogP contribution in [0.3, 0.4) is 0 Å². The van der Waals surface area contributed by atoms with E-state index in [0.29, 0.717) is 6.54 Å². The maximum absolute atomic E-state index is 11.1. The Labute approximate surface area is 70.7 Å². The van der Waals surface area contributed by atoms with Crippen molar-refractivity contribution in [2.45, 2.75) is 19.6 Å². The third-order valence-electron chi connectivity index (χ3n) is 1.69. The molecule has 0 aromatic carbocycles. The largest absolute Gasteiger partial charge is 0.353 e. The second kappa shape index (κ2) is 3.53. The van der Waals surface area contributed by atoms with Gasteiger partial charge in [0.25, 0.3) is 5.91 Å². The quantitative estimate of drug-likeness (QED) is 0.606. The minimum Gasteiger partial charge on any atom is -0.353 e. The van der Waals surface area contributed by atoms with Crippen LogP contribution in [-0.4, -0.2) is 36.7 Å². The molecule has 12 heavy (non-hydrogen) atoms. The number of urea groups is 1. The van der Waals surface area contributed by atoms with E-state index in [-0.39, 0.29) is 11.9 Å². The molecule has 1 atom stereocenters. The van der Waals surface area contributed by atoms with Crippen LogP contribution >= 0.6 is 0 Å². The number of carbonyl (C=O) groups is 2. The molecule has 1 aliphatic heterocycles. The first kappa shape index (κ1) is 8.99. The molecule has 0 bridgehead atoms. The molecular weight excluding hydrogens is 160 g/mol. The number of amides is 3. The maximum Gasteiger partial charge on any atom is 0.326 e. The van der Waals surface area contributed by atoms with Crippen LogP contribution in [0.15, 0.2) is 0 Å². The van der Waals surface area contributed by atoms with Gasteiger partial charge in [0.15, 0.2) is 0 Å². The Hall–Kier alpha value is -1.10. The van der Waals surface area contributed by atoms with E-state index >= 15 is 0 Å². The molecule has 5 nitrogen and oxygen atoms in total. The molecule has 1 saturated heterocycles. The third kappa shape index (κ3) is 1.40. The number of ether oxygens (including phenoxy) is 1. The van der Waals surface area contributed by atoms with Gasteiger partial charge < -0.3 is 4.74 Å². The molecule has 68 valence electrons. The zero-order chi connectivity index (χ0) is 9.14. The standard InChI is InChI=1S/C7H12N2O3/c1-3-4-9-6(12-2)5(10)8-7(9)11/h6H,3-4H2,1-2H3,(H,8,10,11). The van der Waals surface area contributed by atoms with Crippen molar-refractivity contribution in [2.24, 2.45) is 0 Å². The lowest BCUT2D eigenvalue weighted by Crippen LogP contribution is -2.36. The van der Waals surface area contributed by atoms with Gasteiger partial charge in [-0.3, -0.25) is 15.0 Å². The van der Waals surface area contributed by atoms with E-state index < -0.39 is 6.23 Å². The first-order chi connectivity index (χ1) is 5.70. The van der Waals surface area contributed by atoms with Gasteiger partial charge in [0, 0.05) is 13.7 Å². The fourth-order valence-corrected chi connectivity index (χ4v) is 1.18. The SMILES string of the molecule is CCCN1C(=O)NC(=O)C1OC. The highest BCUT2D eigenvalue weighted by molar-refractivity contribution is 6.03. The number of carbonyl (C=O) groups excluding carboxylic acids is 2. The maximum atomic E-state index is 11.1. The molecule has 0 aromatic heterocycles. The number of methoxy groups -OCH3 is 1. The average molecular weight is 172 g/mol. The Bertz CT molecular complexity index is 205. The van der Waals surface area contributed by atoms with Gasteiger partial charge in [-0.05, 0) is 6.42 Å². The lowest BCUT2D eigenvalue weighted by molar-refractivity contribution is -0.133.